The first kappa shape index (κ1) is 24.2. The van der Waals surface area contributed by atoms with Crippen LogP contribution in [0.1, 0.15) is 6.92 Å². The third-order valence-corrected chi connectivity index (χ3v) is 6.62. The lowest BCUT2D eigenvalue weighted by Gasteiger charge is -2.16. The average Bonchev–Trinajstić information content (AvgIpc) is 3.15. The van der Waals surface area contributed by atoms with Crippen LogP contribution >= 0.6 is 11.8 Å². The molecule has 0 saturated carbocycles. The Kier molecular flexibility index (Phi) is 7.23. The number of carbonyl (C=O) groups excluding carboxylic acids is 2. The van der Waals surface area contributed by atoms with E-state index in [1.165, 1.54) is 16.7 Å². The van der Waals surface area contributed by atoms with Gasteiger partial charge in [-0.1, -0.05) is 60.3 Å². The lowest BCUT2D eigenvalue weighted by atomic mass is 10.2. The molecule has 5 rings (SSSR count). The van der Waals surface area contributed by atoms with Crippen LogP contribution < -0.4 is 19.7 Å². The summed E-state index contributed by atoms with van der Waals surface area (Å²) < 4.78 is 11.6. The number of carbonyl (C=O) groups is 2. The molecule has 1 N–H and O–H groups in total. The highest BCUT2D eigenvalue weighted by Gasteiger charge is 2.40. The fraction of sp³-hybridized carbons (Fsp3) is 0.0667. The van der Waals surface area contributed by atoms with Crippen LogP contribution in [0.15, 0.2) is 125 Å². The summed E-state index contributed by atoms with van der Waals surface area (Å²) in [4.78, 5) is 29.6. The number of ether oxygens (including phenoxy) is 2. The van der Waals surface area contributed by atoms with Crippen LogP contribution in [-0.2, 0) is 9.59 Å². The molecule has 6 nitrogen and oxygen atoms in total. The summed E-state index contributed by atoms with van der Waals surface area (Å²) >= 11 is 1.25. The van der Waals surface area contributed by atoms with E-state index in [1.807, 2.05) is 91.9 Å². The number of benzene rings is 4. The summed E-state index contributed by atoms with van der Waals surface area (Å²) in [6.45, 7) is 2.36. The number of thioether (sulfide) groups is 1. The predicted octanol–water partition coefficient (Wildman–Crippen LogP) is 6.87. The molecule has 2 amide bonds. The van der Waals surface area contributed by atoms with Gasteiger partial charge in [-0.3, -0.25) is 9.59 Å². The maximum atomic E-state index is 13.7. The summed E-state index contributed by atoms with van der Waals surface area (Å²) in [6.07, 6.45) is 0. The van der Waals surface area contributed by atoms with Crippen molar-refractivity contribution in [1.82, 2.24) is 0 Å². The molecule has 0 unspecified atom stereocenters. The molecule has 0 bridgehead atoms. The largest absolute Gasteiger partial charge is 0.492 e. The molecular weight excluding hydrogens is 484 g/mol. The topological polar surface area (TPSA) is 67.9 Å². The predicted molar refractivity (Wildman–Crippen MR) is 146 cm³/mol. The van der Waals surface area contributed by atoms with Gasteiger partial charge in [0.1, 0.15) is 27.9 Å². The molecule has 4 aromatic carbocycles. The molecule has 0 aliphatic carbocycles. The molecule has 0 radical (unpaired) electrons. The minimum atomic E-state index is -0.438. The van der Waals surface area contributed by atoms with E-state index in [0.717, 1.165) is 4.90 Å². The molecule has 0 saturated heterocycles. The van der Waals surface area contributed by atoms with Gasteiger partial charge in [0.05, 0.1) is 18.0 Å². The third kappa shape index (κ3) is 5.37. The minimum absolute atomic E-state index is 0.204. The average molecular weight is 509 g/mol. The first-order chi connectivity index (χ1) is 18.1. The Hall–Kier alpha value is -4.49. The number of amides is 2. The van der Waals surface area contributed by atoms with Gasteiger partial charge in [0.2, 0.25) is 0 Å². The van der Waals surface area contributed by atoms with Crippen molar-refractivity contribution in [1.29, 1.82) is 0 Å². The zero-order valence-corrected chi connectivity index (χ0v) is 20.9. The van der Waals surface area contributed by atoms with Crippen molar-refractivity contribution in [3.8, 4) is 17.2 Å². The van der Waals surface area contributed by atoms with Crippen molar-refractivity contribution >= 4 is 35.0 Å². The zero-order chi connectivity index (χ0) is 25.6. The van der Waals surface area contributed by atoms with Crippen LogP contribution in [0.3, 0.4) is 0 Å². The van der Waals surface area contributed by atoms with Gasteiger partial charge in [-0.2, -0.15) is 0 Å². The van der Waals surface area contributed by atoms with Crippen molar-refractivity contribution < 1.29 is 19.1 Å². The Morgan fingerprint density at radius 2 is 1.35 bits per heavy atom. The van der Waals surface area contributed by atoms with Gasteiger partial charge in [-0.15, -0.1) is 0 Å². The lowest BCUT2D eigenvalue weighted by molar-refractivity contribution is -0.120. The summed E-state index contributed by atoms with van der Waals surface area (Å²) in [7, 11) is 0. The Balaban J connectivity index is 1.46. The van der Waals surface area contributed by atoms with Gasteiger partial charge < -0.3 is 14.8 Å². The van der Waals surface area contributed by atoms with Crippen LogP contribution in [0, 0.1) is 0 Å². The highest BCUT2D eigenvalue weighted by molar-refractivity contribution is 8.04. The monoisotopic (exact) mass is 508 g/mol. The van der Waals surface area contributed by atoms with E-state index < -0.39 is 11.8 Å². The summed E-state index contributed by atoms with van der Waals surface area (Å²) in [5.74, 6) is 1.07. The number of nitrogens with zero attached hydrogens (tertiary/aromatic N) is 1. The number of rotatable bonds is 9. The maximum absolute atomic E-state index is 13.7. The Morgan fingerprint density at radius 1 is 0.730 bits per heavy atom. The highest BCUT2D eigenvalue weighted by Crippen LogP contribution is 2.39. The zero-order valence-electron chi connectivity index (χ0n) is 20.1. The second-order valence-electron chi connectivity index (χ2n) is 8.03. The SMILES string of the molecule is CCOc1ccccc1NC1=C(Sc2ccccc2)C(=O)N(c2ccc(Oc3ccccc3)cc2)C1=O. The van der Waals surface area contributed by atoms with Crippen LogP contribution in [0.4, 0.5) is 11.4 Å². The molecule has 4 aromatic rings. The standard InChI is InChI=1S/C30H24N2O4S/c1-2-35-26-16-10-9-15-25(26)31-27-28(37-24-13-7-4-8-14-24)30(34)32(29(27)33)21-17-19-23(20-18-21)36-22-11-5-3-6-12-22/h3-20,31H,2H2,1H3. The molecular formula is C30H24N2O4S. The van der Waals surface area contributed by atoms with Crippen LogP contribution in [0.25, 0.3) is 0 Å². The molecule has 7 heteroatoms. The number of anilines is 2. The third-order valence-electron chi connectivity index (χ3n) is 5.52. The quantitative estimate of drug-likeness (QED) is 0.249. The van der Waals surface area contributed by atoms with Gasteiger partial charge in [-0.05, 0) is 67.6 Å². The first-order valence-electron chi connectivity index (χ1n) is 11.8. The van der Waals surface area contributed by atoms with Crippen LogP contribution in [-0.4, -0.2) is 18.4 Å². The minimum Gasteiger partial charge on any atom is -0.492 e. The van der Waals surface area contributed by atoms with E-state index in [-0.39, 0.29) is 5.70 Å². The smallest absolute Gasteiger partial charge is 0.283 e. The Morgan fingerprint density at radius 3 is 2.05 bits per heavy atom. The van der Waals surface area contributed by atoms with Crippen molar-refractivity contribution in [2.24, 2.45) is 0 Å². The second-order valence-corrected chi connectivity index (χ2v) is 9.11. The normalized spacial score (nSPS) is 13.2. The molecule has 0 spiro atoms. The summed E-state index contributed by atoms with van der Waals surface area (Å²) in [6, 6.07) is 33.1. The van der Waals surface area contributed by atoms with Gasteiger partial charge in [0.15, 0.2) is 0 Å². The lowest BCUT2D eigenvalue weighted by Crippen LogP contribution is -2.32. The molecule has 184 valence electrons. The highest BCUT2D eigenvalue weighted by atomic mass is 32.2. The molecule has 1 aliphatic rings. The Bertz CT molecular complexity index is 1440. The van der Waals surface area contributed by atoms with Crippen LogP contribution in [0.2, 0.25) is 0 Å². The number of para-hydroxylation sites is 3. The van der Waals surface area contributed by atoms with Crippen molar-refractivity contribution in [3.63, 3.8) is 0 Å². The van der Waals surface area contributed by atoms with Crippen LogP contribution in [0.5, 0.6) is 17.2 Å². The van der Waals surface area contributed by atoms with E-state index in [4.69, 9.17) is 9.47 Å². The van der Waals surface area contributed by atoms with Crippen molar-refractivity contribution in [3.05, 3.63) is 120 Å². The molecule has 1 aliphatic heterocycles. The number of nitrogens with one attached hydrogen (secondary N) is 1. The van der Waals surface area contributed by atoms with E-state index in [0.29, 0.717) is 40.1 Å². The molecule has 0 aromatic heterocycles. The summed E-state index contributed by atoms with van der Waals surface area (Å²) in [5.41, 5.74) is 1.27. The van der Waals surface area contributed by atoms with Crippen molar-refractivity contribution in [2.75, 3.05) is 16.8 Å². The van der Waals surface area contributed by atoms with Gasteiger partial charge >= 0.3 is 0 Å². The fourth-order valence-electron chi connectivity index (χ4n) is 3.83. The number of imide groups is 1. The molecule has 0 fully saturated rings. The Labute approximate surface area is 219 Å². The van der Waals surface area contributed by atoms with E-state index in [1.54, 1.807) is 24.3 Å². The van der Waals surface area contributed by atoms with Gasteiger partial charge in [-0.25, -0.2) is 4.90 Å². The number of hydrogen-bond acceptors (Lipinski definition) is 6. The molecule has 0 atom stereocenters. The first-order valence-corrected chi connectivity index (χ1v) is 12.6. The number of hydrogen-bond donors (Lipinski definition) is 1. The molecule has 1 heterocycles. The summed E-state index contributed by atoms with van der Waals surface area (Å²) in [5, 5.41) is 3.19. The fourth-order valence-corrected chi connectivity index (χ4v) is 4.78. The van der Waals surface area contributed by atoms with E-state index in [2.05, 4.69) is 5.32 Å². The van der Waals surface area contributed by atoms with E-state index in [9.17, 15) is 9.59 Å². The van der Waals surface area contributed by atoms with Crippen molar-refractivity contribution in [2.45, 2.75) is 11.8 Å². The van der Waals surface area contributed by atoms with Gasteiger partial charge in [0, 0.05) is 4.90 Å². The van der Waals surface area contributed by atoms with Gasteiger partial charge in [0.25, 0.3) is 11.8 Å². The molecule has 37 heavy (non-hydrogen) atoms. The second kappa shape index (κ2) is 11.1. The maximum Gasteiger partial charge on any atom is 0.283 e. The van der Waals surface area contributed by atoms with E-state index >= 15 is 0 Å².